The van der Waals surface area contributed by atoms with E-state index in [4.69, 9.17) is 0 Å². The fourth-order valence-electron chi connectivity index (χ4n) is 3.14. The molecule has 1 aromatic heterocycles. The first-order chi connectivity index (χ1) is 13.1. The number of nitrogens with zero attached hydrogens (tertiary/aromatic N) is 2. The molecule has 1 aliphatic carbocycles. The molecule has 0 saturated carbocycles. The van der Waals surface area contributed by atoms with Crippen LogP contribution < -0.4 is 5.56 Å². The van der Waals surface area contributed by atoms with E-state index < -0.39 is 51.5 Å². The van der Waals surface area contributed by atoms with Gasteiger partial charge in [-0.15, -0.1) is 0 Å². The highest BCUT2D eigenvalue weighted by atomic mass is 19.4. The lowest BCUT2D eigenvalue weighted by molar-refractivity contribution is -0.138. The van der Waals surface area contributed by atoms with Gasteiger partial charge in [0.05, 0.1) is 5.56 Å². The van der Waals surface area contributed by atoms with Crippen LogP contribution in [0, 0.1) is 0 Å². The van der Waals surface area contributed by atoms with Crippen molar-refractivity contribution in [2.45, 2.75) is 25.4 Å². The summed E-state index contributed by atoms with van der Waals surface area (Å²) in [4.78, 5) is 37.4. The Morgan fingerprint density at radius 2 is 1.79 bits per heavy atom. The average molecular weight is 392 g/mol. The summed E-state index contributed by atoms with van der Waals surface area (Å²) >= 11 is 0. The molecule has 146 valence electrons. The summed E-state index contributed by atoms with van der Waals surface area (Å²) in [5.74, 6) is -2.66. The number of aliphatic hydroxyl groups excluding tert-OH is 1. The number of carbonyl (C=O) groups excluding carboxylic acids is 2. The molecule has 0 saturated heterocycles. The third-order valence-electron chi connectivity index (χ3n) is 4.42. The predicted molar refractivity (Wildman–Crippen MR) is 92.8 cm³/mol. The topological polar surface area (TPSA) is 89.3 Å². The maximum atomic E-state index is 13.9. The van der Waals surface area contributed by atoms with Gasteiger partial charge < -0.3 is 5.11 Å². The lowest BCUT2D eigenvalue weighted by Gasteiger charge is -2.19. The zero-order chi connectivity index (χ0) is 20.6. The summed E-state index contributed by atoms with van der Waals surface area (Å²) in [6.07, 6.45) is -4.86. The second kappa shape index (κ2) is 7.06. The summed E-state index contributed by atoms with van der Waals surface area (Å²) in [5.41, 5.74) is -5.14. The molecule has 0 unspecified atom stereocenters. The standard InChI is InChI=1S/C19H15F3N2O4/c1-24-18(28)13(10-6-3-2-4-7-10)15(19(20,21)22)16(23-24)17(27)14-11(25)8-5-9-12(14)26/h2-4,6-7,25H,5,8-9H2,1H3. The highest BCUT2D eigenvalue weighted by molar-refractivity contribution is 6.26. The third kappa shape index (κ3) is 3.35. The zero-order valence-corrected chi connectivity index (χ0v) is 14.7. The summed E-state index contributed by atoms with van der Waals surface area (Å²) in [6.45, 7) is 0. The third-order valence-corrected chi connectivity index (χ3v) is 4.42. The Morgan fingerprint density at radius 3 is 2.36 bits per heavy atom. The molecule has 3 rings (SSSR count). The van der Waals surface area contributed by atoms with Gasteiger partial charge in [-0.2, -0.15) is 18.3 Å². The van der Waals surface area contributed by atoms with Gasteiger partial charge in [0.2, 0.25) is 5.78 Å². The number of hydrogen-bond acceptors (Lipinski definition) is 5. The summed E-state index contributed by atoms with van der Waals surface area (Å²) in [5, 5.41) is 13.4. The number of carbonyl (C=O) groups is 2. The molecule has 1 N–H and O–H groups in total. The normalized spacial score (nSPS) is 15.1. The Morgan fingerprint density at radius 1 is 1.14 bits per heavy atom. The number of rotatable bonds is 3. The highest BCUT2D eigenvalue weighted by Gasteiger charge is 2.43. The van der Waals surface area contributed by atoms with Crippen LogP contribution in [0.2, 0.25) is 0 Å². The van der Waals surface area contributed by atoms with Gasteiger partial charge >= 0.3 is 6.18 Å². The number of halogens is 3. The van der Waals surface area contributed by atoms with Crippen LogP contribution in [0.25, 0.3) is 11.1 Å². The lowest BCUT2D eigenvalue weighted by atomic mass is 9.89. The Hall–Kier alpha value is -3.23. The zero-order valence-electron chi connectivity index (χ0n) is 14.7. The number of benzene rings is 1. The van der Waals surface area contributed by atoms with E-state index in [-0.39, 0.29) is 18.4 Å². The fourth-order valence-corrected chi connectivity index (χ4v) is 3.14. The monoisotopic (exact) mass is 392 g/mol. The maximum absolute atomic E-state index is 13.9. The van der Waals surface area contributed by atoms with E-state index in [1.54, 1.807) is 6.07 Å². The smallest absolute Gasteiger partial charge is 0.419 e. The van der Waals surface area contributed by atoms with Crippen molar-refractivity contribution in [1.29, 1.82) is 0 Å². The quantitative estimate of drug-likeness (QED) is 0.640. The highest BCUT2D eigenvalue weighted by Crippen LogP contribution is 2.38. The predicted octanol–water partition coefficient (Wildman–Crippen LogP) is 3.21. The van der Waals surface area contributed by atoms with Gasteiger partial charge in [-0.05, 0) is 12.0 Å². The molecule has 2 aromatic rings. The van der Waals surface area contributed by atoms with Gasteiger partial charge in [0, 0.05) is 19.9 Å². The van der Waals surface area contributed by atoms with E-state index in [0.29, 0.717) is 11.1 Å². The number of ketones is 2. The van der Waals surface area contributed by atoms with Crippen LogP contribution in [0.5, 0.6) is 0 Å². The van der Waals surface area contributed by atoms with Crippen LogP contribution in [0.4, 0.5) is 13.2 Å². The van der Waals surface area contributed by atoms with Crippen molar-refractivity contribution in [3.63, 3.8) is 0 Å². The van der Waals surface area contributed by atoms with Crippen molar-refractivity contribution < 1.29 is 27.9 Å². The molecule has 1 aliphatic rings. The first-order valence-electron chi connectivity index (χ1n) is 8.37. The van der Waals surface area contributed by atoms with E-state index >= 15 is 0 Å². The summed E-state index contributed by atoms with van der Waals surface area (Å²) in [7, 11) is 1.11. The summed E-state index contributed by atoms with van der Waals surface area (Å²) in [6, 6.07) is 7.09. The van der Waals surface area contributed by atoms with E-state index in [9.17, 15) is 32.7 Å². The maximum Gasteiger partial charge on any atom is 0.419 e. The van der Waals surface area contributed by atoms with Crippen molar-refractivity contribution in [3.05, 3.63) is 63.3 Å². The average Bonchev–Trinajstić information content (AvgIpc) is 2.63. The van der Waals surface area contributed by atoms with Gasteiger partial charge in [0.1, 0.15) is 22.6 Å². The Bertz CT molecular complexity index is 1050. The molecular weight excluding hydrogens is 377 g/mol. The second-order valence-corrected chi connectivity index (χ2v) is 6.32. The number of allylic oxidation sites excluding steroid dienone is 2. The first kappa shape index (κ1) is 19.5. The van der Waals surface area contributed by atoms with E-state index in [0.717, 1.165) is 7.05 Å². The molecule has 9 heteroatoms. The van der Waals surface area contributed by atoms with Crippen LogP contribution in [0.15, 0.2) is 46.5 Å². The Kier molecular flexibility index (Phi) is 4.93. The number of aryl methyl sites for hydroxylation is 1. The largest absolute Gasteiger partial charge is 0.511 e. The van der Waals surface area contributed by atoms with Crippen LogP contribution in [-0.4, -0.2) is 26.5 Å². The van der Waals surface area contributed by atoms with Crippen LogP contribution >= 0.6 is 0 Å². The van der Waals surface area contributed by atoms with Gasteiger partial charge in [-0.3, -0.25) is 14.4 Å². The molecular formula is C19H15F3N2O4. The molecule has 0 fully saturated rings. The van der Waals surface area contributed by atoms with Gasteiger partial charge in [-0.25, -0.2) is 4.68 Å². The van der Waals surface area contributed by atoms with Gasteiger partial charge in [0.25, 0.3) is 5.56 Å². The molecule has 1 heterocycles. The summed E-state index contributed by atoms with van der Waals surface area (Å²) < 4.78 is 42.4. The van der Waals surface area contributed by atoms with Gasteiger partial charge in [0.15, 0.2) is 5.78 Å². The van der Waals surface area contributed by atoms with E-state index in [2.05, 4.69) is 5.10 Å². The number of hydrogen-bond donors (Lipinski definition) is 1. The fraction of sp³-hybridized carbons (Fsp3) is 0.263. The molecule has 0 radical (unpaired) electrons. The van der Waals surface area contributed by atoms with Crippen molar-refractivity contribution in [3.8, 4) is 11.1 Å². The van der Waals surface area contributed by atoms with E-state index in [1.807, 2.05) is 0 Å². The Balaban J connectivity index is 2.37. The van der Waals surface area contributed by atoms with Crippen molar-refractivity contribution in [2.24, 2.45) is 7.05 Å². The minimum Gasteiger partial charge on any atom is -0.511 e. The van der Waals surface area contributed by atoms with E-state index in [1.165, 1.54) is 24.3 Å². The number of alkyl halides is 3. The number of aliphatic hydroxyl groups is 1. The van der Waals surface area contributed by atoms with Crippen molar-refractivity contribution in [1.82, 2.24) is 9.78 Å². The molecule has 0 amide bonds. The minimum atomic E-state index is -5.09. The van der Waals surface area contributed by atoms with Gasteiger partial charge in [-0.1, -0.05) is 30.3 Å². The minimum absolute atomic E-state index is 0.00543. The lowest BCUT2D eigenvalue weighted by Crippen LogP contribution is -2.32. The second-order valence-electron chi connectivity index (χ2n) is 6.32. The molecule has 6 nitrogen and oxygen atoms in total. The molecule has 0 aliphatic heterocycles. The van der Waals surface area contributed by atoms with Crippen LogP contribution in [0.3, 0.4) is 0 Å². The first-order valence-corrected chi connectivity index (χ1v) is 8.37. The molecule has 1 aromatic carbocycles. The van der Waals surface area contributed by atoms with Crippen LogP contribution in [0.1, 0.15) is 35.3 Å². The number of Topliss-reactive ketones (excluding diaryl/α,β-unsaturated/α-hetero) is 2. The van der Waals surface area contributed by atoms with Crippen LogP contribution in [-0.2, 0) is 18.0 Å². The SMILES string of the molecule is Cn1nc(C(=O)C2=C(O)CCCC2=O)c(C(F)(F)F)c(-c2ccccc2)c1=O. The molecule has 0 atom stereocenters. The number of aromatic nitrogens is 2. The molecule has 0 bridgehead atoms. The van der Waals surface area contributed by atoms with Crippen molar-refractivity contribution >= 4 is 11.6 Å². The molecule has 28 heavy (non-hydrogen) atoms. The van der Waals surface area contributed by atoms with Crippen molar-refractivity contribution in [2.75, 3.05) is 0 Å². The molecule has 0 spiro atoms. The Labute approximate surface area is 156 Å².